The van der Waals surface area contributed by atoms with E-state index in [0.717, 1.165) is 16.7 Å². The topological polar surface area (TPSA) is 105 Å². The van der Waals surface area contributed by atoms with Gasteiger partial charge in [-0.2, -0.15) is 0 Å². The molecule has 22 heavy (non-hydrogen) atoms. The lowest BCUT2D eigenvalue weighted by molar-refractivity contribution is -0.150. The zero-order valence-electron chi connectivity index (χ0n) is 11.3. The van der Waals surface area contributed by atoms with E-state index in [1.54, 1.807) is 12.1 Å². The average Bonchev–Trinajstić information content (AvgIpc) is 2.69. The van der Waals surface area contributed by atoms with Crippen LogP contribution in [-0.4, -0.2) is 46.4 Å². The van der Waals surface area contributed by atoms with E-state index in [4.69, 9.17) is 0 Å². The minimum Gasteiger partial charge on any atom is -0.477 e. The smallest absolute Gasteiger partial charge is 0.352 e. The normalized spacial score (nSPS) is 31.2. The Balaban J connectivity index is 1.93. The summed E-state index contributed by atoms with van der Waals surface area (Å²) in [7, 11) is -3.67. The monoisotopic (exact) mass is 338 g/mol. The van der Waals surface area contributed by atoms with Crippen molar-refractivity contribution in [1.82, 2.24) is 9.88 Å². The second-order valence-corrected chi connectivity index (χ2v) is 8.82. The summed E-state index contributed by atoms with van der Waals surface area (Å²) in [6, 6.07) is 3.29. The van der Waals surface area contributed by atoms with E-state index in [1.165, 1.54) is 13.1 Å². The fourth-order valence-corrected chi connectivity index (χ4v) is 7.37. The van der Waals surface area contributed by atoms with Gasteiger partial charge < -0.3 is 5.11 Å². The summed E-state index contributed by atoms with van der Waals surface area (Å²) in [6.07, 6.45) is 1.52. The molecule has 0 aliphatic carbocycles. The van der Waals surface area contributed by atoms with Gasteiger partial charge in [-0.1, -0.05) is 11.8 Å². The fourth-order valence-electron chi connectivity index (χ4n) is 3.36. The van der Waals surface area contributed by atoms with Gasteiger partial charge in [0.1, 0.15) is 5.70 Å². The third-order valence-corrected chi connectivity index (χ3v) is 7.77. The van der Waals surface area contributed by atoms with E-state index in [-0.39, 0.29) is 17.0 Å². The molecule has 1 amide bonds. The molecule has 1 saturated heterocycles. The lowest BCUT2D eigenvalue weighted by atomic mass is 9.88. The van der Waals surface area contributed by atoms with Crippen LogP contribution in [0.5, 0.6) is 0 Å². The molecule has 114 valence electrons. The maximum Gasteiger partial charge on any atom is 0.352 e. The molecule has 1 fully saturated rings. The van der Waals surface area contributed by atoms with Crippen LogP contribution in [0.25, 0.3) is 0 Å². The number of β-lactam (4-membered cyclic amide) rings is 1. The number of pyridine rings is 1. The molecule has 0 saturated carbocycles. The second-order valence-electron chi connectivity index (χ2n) is 5.49. The SMILES string of the molecule is CC1=C(C(=O)O)N2C(=O)C3(Sc4cc3ccn4)[C@@H]2S(=O)(=O)C1. The number of carbonyl (C=O) groups excluding carboxylic acids is 1. The lowest BCUT2D eigenvalue weighted by Gasteiger charge is -2.54. The van der Waals surface area contributed by atoms with Crippen molar-refractivity contribution in [2.75, 3.05) is 5.75 Å². The molecule has 1 N–H and O–H groups in total. The summed E-state index contributed by atoms with van der Waals surface area (Å²) in [4.78, 5) is 29.2. The number of nitrogens with zero attached hydrogens (tertiary/aromatic N) is 2. The number of hydrogen-bond acceptors (Lipinski definition) is 6. The van der Waals surface area contributed by atoms with Gasteiger partial charge in [0.15, 0.2) is 20.0 Å². The van der Waals surface area contributed by atoms with Gasteiger partial charge in [0.25, 0.3) is 5.91 Å². The van der Waals surface area contributed by atoms with Crippen LogP contribution in [0.1, 0.15) is 12.5 Å². The summed E-state index contributed by atoms with van der Waals surface area (Å²) in [6.45, 7) is 1.43. The second kappa shape index (κ2) is 3.90. The van der Waals surface area contributed by atoms with E-state index >= 15 is 0 Å². The van der Waals surface area contributed by atoms with Crippen molar-refractivity contribution in [2.24, 2.45) is 0 Å². The number of amides is 1. The Morgan fingerprint density at radius 2 is 2.27 bits per heavy atom. The predicted octanol–water partition coefficient (Wildman–Crippen LogP) is 0.338. The van der Waals surface area contributed by atoms with Crippen LogP contribution in [0.3, 0.4) is 0 Å². The molecule has 7 nitrogen and oxygen atoms in total. The number of carboxylic acid groups (broad SMARTS) is 1. The molecule has 1 aromatic rings. The van der Waals surface area contributed by atoms with Gasteiger partial charge in [-0.05, 0) is 30.2 Å². The van der Waals surface area contributed by atoms with Crippen LogP contribution in [0, 0.1) is 0 Å². The molecular formula is C13H10N2O5S2. The summed E-state index contributed by atoms with van der Waals surface area (Å²) in [5, 5.41) is 8.72. The number of rotatable bonds is 1. The molecule has 3 aliphatic rings. The number of carboxylic acids is 1. The van der Waals surface area contributed by atoms with Gasteiger partial charge in [0, 0.05) is 6.20 Å². The molecule has 1 unspecified atom stereocenters. The number of aliphatic carboxylic acids is 1. The van der Waals surface area contributed by atoms with Gasteiger partial charge in [-0.25, -0.2) is 18.2 Å². The van der Waals surface area contributed by atoms with Crippen LogP contribution < -0.4 is 0 Å². The number of sulfone groups is 1. The summed E-state index contributed by atoms with van der Waals surface area (Å²) < 4.78 is 23.9. The van der Waals surface area contributed by atoms with Crippen LogP contribution in [-0.2, 0) is 24.2 Å². The fraction of sp³-hybridized carbons (Fsp3) is 0.308. The lowest BCUT2D eigenvalue weighted by Crippen LogP contribution is -2.73. The van der Waals surface area contributed by atoms with Crippen molar-refractivity contribution in [3.05, 3.63) is 35.2 Å². The molecule has 0 radical (unpaired) electrons. The first-order valence-electron chi connectivity index (χ1n) is 6.43. The van der Waals surface area contributed by atoms with Gasteiger partial charge >= 0.3 is 5.97 Å². The third kappa shape index (κ3) is 1.38. The highest BCUT2D eigenvalue weighted by molar-refractivity contribution is 8.03. The molecule has 4 rings (SSSR count). The van der Waals surface area contributed by atoms with Gasteiger partial charge in [0.2, 0.25) is 0 Å². The number of thioether (sulfide) groups is 1. The van der Waals surface area contributed by atoms with Crippen molar-refractivity contribution >= 4 is 33.5 Å². The number of hydrogen-bond donors (Lipinski definition) is 1. The summed E-state index contributed by atoms with van der Waals surface area (Å²) in [5.74, 6) is -2.14. The molecule has 2 atom stereocenters. The molecule has 9 heteroatoms. The highest BCUT2D eigenvalue weighted by Crippen LogP contribution is 2.61. The maximum atomic E-state index is 12.7. The Kier molecular flexibility index (Phi) is 2.44. The van der Waals surface area contributed by atoms with E-state index in [0.29, 0.717) is 10.6 Å². The van der Waals surface area contributed by atoms with E-state index in [2.05, 4.69) is 4.98 Å². The minimum absolute atomic E-state index is 0.180. The number of aromatic nitrogens is 1. The third-order valence-electron chi connectivity index (χ3n) is 4.15. The van der Waals surface area contributed by atoms with Crippen LogP contribution in [0.2, 0.25) is 0 Å². The van der Waals surface area contributed by atoms with Crippen LogP contribution >= 0.6 is 11.8 Å². The molecule has 0 aromatic carbocycles. The molecule has 2 bridgehead atoms. The quantitative estimate of drug-likeness (QED) is 0.736. The van der Waals surface area contributed by atoms with Crippen molar-refractivity contribution < 1.29 is 23.1 Å². The largest absolute Gasteiger partial charge is 0.477 e. The van der Waals surface area contributed by atoms with Crippen molar-refractivity contribution in [3.8, 4) is 0 Å². The molecule has 1 spiro atoms. The summed E-state index contributed by atoms with van der Waals surface area (Å²) >= 11 is 1.09. The zero-order chi connectivity index (χ0) is 15.9. The Labute approximate surface area is 129 Å². The zero-order valence-corrected chi connectivity index (χ0v) is 12.9. The van der Waals surface area contributed by atoms with Crippen molar-refractivity contribution in [2.45, 2.75) is 22.1 Å². The Bertz CT molecular complexity index is 891. The molecular weight excluding hydrogens is 328 g/mol. The van der Waals surface area contributed by atoms with E-state index < -0.39 is 31.8 Å². The van der Waals surface area contributed by atoms with Crippen molar-refractivity contribution in [3.63, 3.8) is 0 Å². The van der Waals surface area contributed by atoms with E-state index in [9.17, 15) is 23.1 Å². The van der Waals surface area contributed by atoms with Gasteiger partial charge in [0.05, 0.1) is 10.8 Å². The highest BCUT2D eigenvalue weighted by Gasteiger charge is 2.72. The summed E-state index contributed by atoms with van der Waals surface area (Å²) in [5.41, 5.74) is 0.533. The number of carbonyl (C=O) groups is 2. The Morgan fingerprint density at radius 1 is 1.55 bits per heavy atom. The van der Waals surface area contributed by atoms with Crippen molar-refractivity contribution in [1.29, 1.82) is 0 Å². The molecule has 3 aliphatic heterocycles. The highest BCUT2D eigenvalue weighted by atomic mass is 32.2. The average molecular weight is 338 g/mol. The first-order valence-corrected chi connectivity index (χ1v) is 8.96. The standard InChI is InChI=1S/C13H10N2O5S2/c1-6-5-22(19,20)12-13(7-2-3-14-8(4-7)21-13)11(18)15(12)9(6)10(16)17/h2-4,12H,5H2,1H3,(H,16,17)/t12-,13?/m0/s1. The molecule has 4 heterocycles. The minimum atomic E-state index is -3.67. The van der Waals surface area contributed by atoms with E-state index in [1.807, 2.05) is 0 Å². The van der Waals surface area contributed by atoms with Gasteiger partial charge in [-0.3, -0.25) is 9.69 Å². The number of fused-ring (bicyclic) bond motifs is 5. The predicted molar refractivity (Wildman–Crippen MR) is 76.5 cm³/mol. The van der Waals surface area contributed by atoms with Crippen LogP contribution in [0.15, 0.2) is 34.6 Å². The first kappa shape index (κ1) is 13.8. The Hall–Kier alpha value is -1.87. The maximum absolute atomic E-state index is 12.7. The van der Waals surface area contributed by atoms with Crippen LogP contribution in [0.4, 0.5) is 0 Å². The first-order chi connectivity index (χ1) is 10.3. The van der Waals surface area contributed by atoms with Gasteiger partial charge in [-0.15, -0.1) is 0 Å². The Morgan fingerprint density at radius 3 is 2.91 bits per heavy atom. The molecule has 1 aromatic heterocycles.